The van der Waals surface area contributed by atoms with E-state index in [1.807, 2.05) is 0 Å². The lowest BCUT2D eigenvalue weighted by Crippen LogP contribution is -2.40. The molecular weight excluding hydrogens is 399 g/mol. The molecule has 5 heteroatoms. The maximum atomic E-state index is 5.99. The van der Waals surface area contributed by atoms with E-state index in [-0.39, 0.29) is 24.0 Å². The molecule has 1 aliphatic heterocycles. The zero-order chi connectivity index (χ0) is 15.9. The van der Waals surface area contributed by atoms with Gasteiger partial charge in [0.05, 0.1) is 6.04 Å². The van der Waals surface area contributed by atoms with Crippen molar-refractivity contribution in [2.45, 2.75) is 39.7 Å². The lowest BCUT2D eigenvalue weighted by molar-refractivity contribution is 0.245. The molecule has 0 amide bonds. The Morgan fingerprint density at radius 3 is 2.39 bits per heavy atom. The van der Waals surface area contributed by atoms with Crippen molar-refractivity contribution in [2.75, 3.05) is 26.2 Å². The van der Waals surface area contributed by atoms with Gasteiger partial charge in [0.25, 0.3) is 0 Å². The standard InChI is InChI=1S/C18H30N4.HI/c1-14(2)12-20-18(19)21-13-17(22-10-4-5-11-22)16-8-6-15(3)7-9-16;/h6-9,14,17H,4-5,10-13H2,1-3H3,(H3,19,20,21);1H. The molecule has 0 aliphatic carbocycles. The van der Waals surface area contributed by atoms with Crippen LogP contribution in [0.25, 0.3) is 0 Å². The highest BCUT2D eigenvalue weighted by Gasteiger charge is 2.23. The van der Waals surface area contributed by atoms with Gasteiger partial charge in [-0.15, -0.1) is 24.0 Å². The van der Waals surface area contributed by atoms with E-state index in [1.54, 1.807) is 0 Å². The van der Waals surface area contributed by atoms with E-state index in [1.165, 1.54) is 37.1 Å². The Balaban J connectivity index is 0.00000264. The van der Waals surface area contributed by atoms with Gasteiger partial charge in [0.15, 0.2) is 5.96 Å². The van der Waals surface area contributed by atoms with Crippen molar-refractivity contribution in [2.24, 2.45) is 16.6 Å². The molecule has 2 rings (SSSR count). The number of likely N-dealkylation sites (tertiary alicyclic amines) is 1. The van der Waals surface area contributed by atoms with Gasteiger partial charge in [-0.3, -0.25) is 9.89 Å². The molecule has 0 saturated carbocycles. The Kier molecular flexibility index (Phi) is 8.91. The van der Waals surface area contributed by atoms with Gasteiger partial charge < -0.3 is 11.1 Å². The van der Waals surface area contributed by atoms with Crippen LogP contribution in [-0.4, -0.2) is 37.0 Å². The number of halogens is 1. The fourth-order valence-corrected chi connectivity index (χ4v) is 2.84. The molecule has 1 heterocycles. The number of aliphatic imine (C=N–C) groups is 1. The van der Waals surface area contributed by atoms with E-state index in [9.17, 15) is 0 Å². The van der Waals surface area contributed by atoms with Crippen LogP contribution < -0.4 is 11.1 Å². The SMILES string of the molecule is Cc1ccc(C(CNC(N)=NCC(C)C)N2CCCC2)cc1.I. The molecule has 4 nitrogen and oxygen atoms in total. The molecule has 23 heavy (non-hydrogen) atoms. The van der Waals surface area contributed by atoms with Crippen molar-refractivity contribution in [3.05, 3.63) is 35.4 Å². The molecule has 1 unspecified atom stereocenters. The summed E-state index contributed by atoms with van der Waals surface area (Å²) in [6.07, 6.45) is 2.58. The van der Waals surface area contributed by atoms with Gasteiger partial charge >= 0.3 is 0 Å². The molecule has 1 saturated heterocycles. The summed E-state index contributed by atoms with van der Waals surface area (Å²) in [4.78, 5) is 6.94. The first-order chi connectivity index (χ1) is 10.6. The van der Waals surface area contributed by atoms with Crippen molar-refractivity contribution in [3.8, 4) is 0 Å². The van der Waals surface area contributed by atoms with Crippen molar-refractivity contribution >= 4 is 29.9 Å². The second kappa shape index (κ2) is 10.1. The highest BCUT2D eigenvalue weighted by molar-refractivity contribution is 14.0. The van der Waals surface area contributed by atoms with Gasteiger partial charge in [0, 0.05) is 13.1 Å². The molecule has 1 aromatic rings. The monoisotopic (exact) mass is 430 g/mol. The molecule has 1 fully saturated rings. The number of nitrogens with two attached hydrogens (primary N) is 1. The van der Waals surface area contributed by atoms with Crippen LogP contribution in [0.15, 0.2) is 29.3 Å². The Bertz CT molecular complexity index is 478. The first-order valence-corrected chi connectivity index (χ1v) is 8.40. The zero-order valence-electron chi connectivity index (χ0n) is 14.6. The maximum absolute atomic E-state index is 5.99. The van der Waals surface area contributed by atoms with Crippen LogP contribution in [0.3, 0.4) is 0 Å². The van der Waals surface area contributed by atoms with Crippen LogP contribution in [0.4, 0.5) is 0 Å². The van der Waals surface area contributed by atoms with Crippen molar-refractivity contribution < 1.29 is 0 Å². The van der Waals surface area contributed by atoms with Crippen LogP contribution in [0.2, 0.25) is 0 Å². The predicted octanol–water partition coefficient (Wildman–Crippen LogP) is 3.31. The van der Waals surface area contributed by atoms with E-state index < -0.39 is 0 Å². The van der Waals surface area contributed by atoms with Crippen LogP contribution in [0.5, 0.6) is 0 Å². The second-order valence-corrected chi connectivity index (χ2v) is 6.67. The number of guanidine groups is 1. The zero-order valence-corrected chi connectivity index (χ0v) is 16.9. The summed E-state index contributed by atoms with van der Waals surface area (Å²) in [6, 6.07) is 9.22. The molecule has 0 bridgehead atoms. The highest BCUT2D eigenvalue weighted by atomic mass is 127. The van der Waals surface area contributed by atoms with Gasteiger partial charge in [0.2, 0.25) is 0 Å². The average molecular weight is 430 g/mol. The molecule has 0 spiro atoms. The number of aryl methyl sites for hydroxylation is 1. The van der Waals surface area contributed by atoms with Gasteiger partial charge in [0.1, 0.15) is 0 Å². The minimum Gasteiger partial charge on any atom is -0.370 e. The van der Waals surface area contributed by atoms with Crippen LogP contribution in [-0.2, 0) is 0 Å². The average Bonchev–Trinajstić information content (AvgIpc) is 3.01. The third kappa shape index (κ3) is 6.67. The Hall–Kier alpha value is -0.820. The van der Waals surface area contributed by atoms with E-state index in [0.29, 0.717) is 17.9 Å². The van der Waals surface area contributed by atoms with Crippen molar-refractivity contribution in [1.29, 1.82) is 0 Å². The van der Waals surface area contributed by atoms with Crippen LogP contribution in [0.1, 0.15) is 43.9 Å². The predicted molar refractivity (Wildman–Crippen MR) is 109 cm³/mol. The van der Waals surface area contributed by atoms with E-state index in [0.717, 1.165) is 13.1 Å². The number of rotatable bonds is 6. The quantitative estimate of drug-likeness (QED) is 0.414. The number of nitrogens with zero attached hydrogens (tertiary/aromatic N) is 2. The van der Waals surface area contributed by atoms with Gasteiger partial charge in [-0.05, 0) is 44.3 Å². The molecule has 1 aromatic carbocycles. The van der Waals surface area contributed by atoms with Gasteiger partial charge in [-0.2, -0.15) is 0 Å². The minimum atomic E-state index is 0. The molecule has 0 radical (unpaired) electrons. The second-order valence-electron chi connectivity index (χ2n) is 6.67. The normalized spacial score (nSPS) is 17.1. The summed E-state index contributed by atoms with van der Waals surface area (Å²) < 4.78 is 0. The first kappa shape index (κ1) is 20.2. The first-order valence-electron chi connectivity index (χ1n) is 8.40. The fraction of sp³-hybridized carbons (Fsp3) is 0.611. The Morgan fingerprint density at radius 1 is 1.22 bits per heavy atom. The topological polar surface area (TPSA) is 53.6 Å². The number of hydrogen-bond donors (Lipinski definition) is 2. The fourth-order valence-electron chi connectivity index (χ4n) is 2.84. The molecule has 0 aromatic heterocycles. The van der Waals surface area contributed by atoms with E-state index in [2.05, 4.69) is 60.2 Å². The number of hydrogen-bond acceptors (Lipinski definition) is 2. The third-order valence-electron chi connectivity index (χ3n) is 4.15. The van der Waals surface area contributed by atoms with Crippen molar-refractivity contribution in [1.82, 2.24) is 10.2 Å². The minimum absolute atomic E-state index is 0. The lowest BCUT2D eigenvalue weighted by Gasteiger charge is -2.28. The summed E-state index contributed by atoms with van der Waals surface area (Å²) >= 11 is 0. The van der Waals surface area contributed by atoms with E-state index >= 15 is 0 Å². The molecule has 1 aliphatic rings. The summed E-state index contributed by atoms with van der Waals surface area (Å²) in [5.41, 5.74) is 8.65. The summed E-state index contributed by atoms with van der Waals surface area (Å²) in [5.74, 6) is 1.09. The highest BCUT2D eigenvalue weighted by Crippen LogP contribution is 2.24. The van der Waals surface area contributed by atoms with Crippen LogP contribution in [0, 0.1) is 12.8 Å². The van der Waals surface area contributed by atoms with Gasteiger partial charge in [-0.25, -0.2) is 0 Å². The Labute approximate surface area is 157 Å². The third-order valence-corrected chi connectivity index (χ3v) is 4.15. The molecule has 1 atom stereocenters. The molecular formula is C18H31IN4. The molecule has 3 N–H and O–H groups in total. The Morgan fingerprint density at radius 2 is 1.83 bits per heavy atom. The van der Waals surface area contributed by atoms with Crippen molar-refractivity contribution in [3.63, 3.8) is 0 Å². The van der Waals surface area contributed by atoms with Crippen LogP contribution >= 0.6 is 24.0 Å². The lowest BCUT2D eigenvalue weighted by atomic mass is 10.0. The van der Waals surface area contributed by atoms with E-state index in [4.69, 9.17) is 5.73 Å². The largest absolute Gasteiger partial charge is 0.370 e. The molecule has 130 valence electrons. The number of nitrogens with one attached hydrogen (secondary N) is 1. The maximum Gasteiger partial charge on any atom is 0.188 e. The number of benzene rings is 1. The summed E-state index contributed by atoms with van der Waals surface area (Å²) in [5, 5.41) is 3.31. The van der Waals surface area contributed by atoms with Gasteiger partial charge in [-0.1, -0.05) is 43.7 Å². The summed E-state index contributed by atoms with van der Waals surface area (Å²) in [7, 11) is 0. The summed E-state index contributed by atoms with van der Waals surface area (Å²) in [6.45, 7) is 10.4. The smallest absolute Gasteiger partial charge is 0.188 e.